The second-order valence-electron chi connectivity index (χ2n) is 5.05. The van der Waals surface area contributed by atoms with Gasteiger partial charge in [0.25, 0.3) is 0 Å². The second kappa shape index (κ2) is 4.04. The molecule has 0 unspecified atom stereocenters. The first-order valence-electron chi connectivity index (χ1n) is 5.71. The van der Waals surface area contributed by atoms with Crippen LogP contribution in [0.3, 0.4) is 0 Å². The van der Waals surface area contributed by atoms with Gasteiger partial charge in [0, 0.05) is 6.54 Å². The zero-order valence-corrected chi connectivity index (χ0v) is 10.2. The zero-order valence-electron chi connectivity index (χ0n) is 10.2. The summed E-state index contributed by atoms with van der Waals surface area (Å²) in [5, 5.41) is 9.27. The van der Waals surface area contributed by atoms with Crippen molar-refractivity contribution >= 4 is 5.91 Å². The molecule has 0 aliphatic heterocycles. The lowest BCUT2D eigenvalue weighted by atomic mass is 9.92. The number of carbonyl (C=O) groups excluding carboxylic acids is 1. The van der Waals surface area contributed by atoms with E-state index >= 15 is 0 Å². The molecule has 1 aromatic carbocycles. The first-order chi connectivity index (χ1) is 7.96. The summed E-state index contributed by atoms with van der Waals surface area (Å²) in [5.41, 5.74) is 5.93. The van der Waals surface area contributed by atoms with Crippen molar-refractivity contribution in [3.05, 3.63) is 29.8 Å². The van der Waals surface area contributed by atoms with Crippen LogP contribution in [0.15, 0.2) is 24.3 Å². The third kappa shape index (κ3) is 2.00. The largest absolute Gasteiger partial charge is 0.508 e. The van der Waals surface area contributed by atoms with E-state index in [-0.39, 0.29) is 17.6 Å². The minimum Gasteiger partial charge on any atom is -0.508 e. The fraction of sp³-hybridized carbons (Fsp3) is 0.462. The van der Waals surface area contributed by atoms with Crippen molar-refractivity contribution in [3.63, 3.8) is 0 Å². The van der Waals surface area contributed by atoms with Crippen LogP contribution in [0, 0.1) is 5.92 Å². The Balaban J connectivity index is 2.26. The molecule has 0 spiro atoms. The Kier molecular flexibility index (Phi) is 2.83. The Morgan fingerprint density at radius 1 is 1.47 bits per heavy atom. The molecule has 0 saturated heterocycles. The Hall–Kier alpha value is -1.55. The minimum atomic E-state index is -0.530. The quantitative estimate of drug-likeness (QED) is 0.805. The van der Waals surface area contributed by atoms with Crippen LogP contribution in [0.1, 0.15) is 12.0 Å². The van der Waals surface area contributed by atoms with Crippen molar-refractivity contribution in [2.24, 2.45) is 11.7 Å². The molecule has 4 nitrogen and oxygen atoms in total. The molecule has 1 fully saturated rings. The van der Waals surface area contributed by atoms with Crippen LogP contribution in [0.2, 0.25) is 0 Å². The van der Waals surface area contributed by atoms with Gasteiger partial charge in [-0.1, -0.05) is 12.1 Å². The van der Waals surface area contributed by atoms with Crippen molar-refractivity contribution in [1.29, 1.82) is 0 Å². The van der Waals surface area contributed by atoms with Crippen molar-refractivity contribution in [2.75, 3.05) is 20.6 Å². The number of phenolic OH excluding ortho intramolecular Hbond substituents is 1. The van der Waals surface area contributed by atoms with Gasteiger partial charge in [-0.05, 0) is 44.1 Å². The number of primary amides is 1. The van der Waals surface area contributed by atoms with Crippen LogP contribution >= 0.6 is 0 Å². The van der Waals surface area contributed by atoms with Crippen LogP contribution in [0.4, 0.5) is 0 Å². The van der Waals surface area contributed by atoms with Gasteiger partial charge in [-0.15, -0.1) is 0 Å². The van der Waals surface area contributed by atoms with E-state index < -0.39 is 5.41 Å². The van der Waals surface area contributed by atoms with Gasteiger partial charge in [0.05, 0.1) is 5.41 Å². The fourth-order valence-electron chi connectivity index (χ4n) is 2.55. The molecule has 3 N–H and O–H groups in total. The van der Waals surface area contributed by atoms with Gasteiger partial charge in [-0.3, -0.25) is 4.79 Å². The van der Waals surface area contributed by atoms with E-state index in [1.54, 1.807) is 24.3 Å². The van der Waals surface area contributed by atoms with Crippen molar-refractivity contribution in [1.82, 2.24) is 4.90 Å². The predicted molar refractivity (Wildman–Crippen MR) is 65.6 cm³/mol. The van der Waals surface area contributed by atoms with Gasteiger partial charge in [0.1, 0.15) is 5.75 Å². The third-order valence-corrected chi connectivity index (χ3v) is 3.51. The number of amides is 1. The summed E-state index contributed by atoms with van der Waals surface area (Å²) in [4.78, 5) is 13.8. The molecule has 1 saturated carbocycles. The summed E-state index contributed by atoms with van der Waals surface area (Å²) in [6.07, 6.45) is 0.797. The van der Waals surface area contributed by atoms with E-state index in [4.69, 9.17) is 5.73 Å². The monoisotopic (exact) mass is 234 g/mol. The molecule has 4 heteroatoms. The molecular formula is C13H18N2O2. The number of nitrogens with two attached hydrogens (primary N) is 1. The lowest BCUT2D eigenvalue weighted by molar-refractivity contribution is -0.120. The Labute approximate surface area is 101 Å². The maximum atomic E-state index is 11.7. The number of phenols is 1. The van der Waals surface area contributed by atoms with E-state index in [0.717, 1.165) is 18.5 Å². The summed E-state index contributed by atoms with van der Waals surface area (Å²) < 4.78 is 0. The van der Waals surface area contributed by atoms with Crippen LogP contribution < -0.4 is 5.73 Å². The normalized spacial score (nSPS) is 27.1. The first-order valence-corrected chi connectivity index (χ1v) is 5.71. The second-order valence-corrected chi connectivity index (χ2v) is 5.05. The molecule has 1 amide bonds. The number of carbonyl (C=O) groups is 1. The maximum Gasteiger partial charge on any atom is 0.228 e. The highest BCUT2D eigenvalue weighted by molar-refractivity contribution is 5.90. The van der Waals surface area contributed by atoms with Crippen molar-refractivity contribution < 1.29 is 9.90 Å². The molecule has 0 radical (unpaired) electrons. The number of aromatic hydroxyl groups is 1. The van der Waals surface area contributed by atoms with Gasteiger partial charge < -0.3 is 15.7 Å². The molecule has 2 atom stereocenters. The van der Waals surface area contributed by atoms with E-state index in [1.807, 2.05) is 14.1 Å². The standard InChI is InChI=1S/C13H18N2O2/c1-15(2)8-10-7-13(10,12(14)17)9-3-5-11(16)6-4-9/h3-6,10,16H,7-8H2,1-2H3,(H2,14,17)/t10-,13+/m1/s1. The Morgan fingerprint density at radius 3 is 2.53 bits per heavy atom. The van der Waals surface area contributed by atoms with E-state index in [0.29, 0.717) is 0 Å². The van der Waals surface area contributed by atoms with E-state index in [1.165, 1.54) is 0 Å². The molecule has 1 aliphatic carbocycles. The molecule has 92 valence electrons. The highest BCUT2D eigenvalue weighted by Gasteiger charge is 2.59. The van der Waals surface area contributed by atoms with Gasteiger partial charge in [0.2, 0.25) is 5.91 Å². The molecule has 1 aliphatic rings. The summed E-state index contributed by atoms with van der Waals surface area (Å²) >= 11 is 0. The third-order valence-electron chi connectivity index (χ3n) is 3.51. The molecule has 17 heavy (non-hydrogen) atoms. The van der Waals surface area contributed by atoms with Gasteiger partial charge >= 0.3 is 0 Å². The summed E-state index contributed by atoms with van der Waals surface area (Å²) in [5.74, 6) is 0.216. The SMILES string of the molecule is CN(C)C[C@H]1C[C@]1(C(N)=O)c1ccc(O)cc1. The zero-order chi connectivity index (χ0) is 12.6. The Bertz CT molecular complexity index is 428. The van der Waals surface area contributed by atoms with E-state index in [9.17, 15) is 9.90 Å². The number of rotatable bonds is 4. The van der Waals surface area contributed by atoms with Crippen molar-refractivity contribution in [2.45, 2.75) is 11.8 Å². The van der Waals surface area contributed by atoms with Gasteiger partial charge in [0.15, 0.2) is 0 Å². The van der Waals surface area contributed by atoms with E-state index in [2.05, 4.69) is 4.90 Å². The smallest absolute Gasteiger partial charge is 0.228 e. The summed E-state index contributed by atoms with van der Waals surface area (Å²) in [7, 11) is 3.97. The number of hydrogen-bond donors (Lipinski definition) is 2. The van der Waals surface area contributed by atoms with Gasteiger partial charge in [-0.25, -0.2) is 0 Å². The topological polar surface area (TPSA) is 66.6 Å². The lowest BCUT2D eigenvalue weighted by Crippen LogP contribution is -2.32. The van der Waals surface area contributed by atoms with Gasteiger partial charge in [-0.2, -0.15) is 0 Å². The highest BCUT2D eigenvalue weighted by Crippen LogP contribution is 2.54. The predicted octanol–water partition coefficient (Wildman–Crippen LogP) is 0.697. The Morgan fingerprint density at radius 2 is 2.06 bits per heavy atom. The molecule has 0 heterocycles. The number of hydrogen-bond acceptors (Lipinski definition) is 3. The highest BCUT2D eigenvalue weighted by atomic mass is 16.3. The fourth-order valence-corrected chi connectivity index (χ4v) is 2.55. The number of benzene rings is 1. The molecule has 1 aromatic rings. The van der Waals surface area contributed by atoms with Crippen LogP contribution in [0.5, 0.6) is 5.75 Å². The van der Waals surface area contributed by atoms with Crippen LogP contribution in [0.25, 0.3) is 0 Å². The van der Waals surface area contributed by atoms with Crippen LogP contribution in [-0.2, 0) is 10.2 Å². The van der Waals surface area contributed by atoms with Crippen molar-refractivity contribution in [3.8, 4) is 5.75 Å². The molecular weight excluding hydrogens is 216 g/mol. The summed E-state index contributed by atoms with van der Waals surface area (Å²) in [6, 6.07) is 6.78. The molecule has 2 rings (SSSR count). The average Bonchev–Trinajstić information content (AvgIpc) is 2.93. The molecule has 0 bridgehead atoms. The number of nitrogens with zero attached hydrogens (tertiary/aromatic N) is 1. The van der Waals surface area contributed by atoms with Crippen LogP contribution in [-0.4, -0.2) is 36.6 Å². The molecule has 0 aromatic heterocycles. The average molecular weight is 234 g/mol. The minimum absolute atomic E-state index is 0.207. The first kappa shape index (κ1) is 11.9. The summed E-state index contributed by atoms with van der Waals surface area (Å²) in [6.45, 7) is 0.851. The lowest BCUT2D eigenvalue weighted by Gasteiger charge is -2.16. The maximum absolute atomic E-state index is 11.7.